The van der Waals surface area contributed by atoms with E-state index < -0.39 is 22.6 Å². The van der Waals surface area contributed by atoms with E-state index >= 15 is 0 Å². The van der Waals surface area contributed by atoms with E-state index in [4.69, 9.17) is 11.6 Å². The molecule has 2 fully saturated rings. The smallest absolute Gasteiger partial charge is 0.168 e. The van der Waals surface area contributed by atoms with Gasteiger partial charge in [-0.25, -0.2) is 22.8 Å². The molecule has 1 unspecified atom stereocenters. The fraction of sp³-hybridized carbons (Fsp3) is 0.308. The van der Waals surface area contributed by atoms with Crippen LogP contribution in [0.5, 0.6) is 0 Å². The second kappa shape index (κ2) is 9.78. The van der Waals surface area contributed by atoms with Crippen molar-refractivity contribution >= 4 is 34.2 Å². The van der Waals surface area contributed by atoms with Crippen molar-refractivity contribution in [2.75, 3.05) is 24.5 Å². The Bertz CT molecular complexity index is 1330. The Morgan fingerprint density at radius 3 is 2.56 bits per heavy atom. The number of aryl methyl sites for hydroxylation is 2. The SMILES string of the molecule is Cc1ccc(S(=O)N/N=C(/c2c(C)cccc2Cl)N2CCN(c3ncc(F)cc3F)CC23CC3)cc1. The Balaban J connectivity index is 1.47. The van der Waals surface area contributed by atoms with E-state index in [0.717, 1.165) is 41.8 Å². The molecule has 1 aromatic heterocycles. The molecule has 5 rings (SSSR count). The van der Waals surface area contributed by atoms with Gasteiger partial charge < -0.3 is 9.80 Å². The summed E-state index contributed by atoms with van der Waals surface area (Å²) in [5.74, 6) is -0.630. The summed E-state index contributed by atoms with van der Waals surface area (Å²) in [5, 5.41) is 5.19. The fourth-order valence-electron chi connectivity index (χ4n) is 4.67. The van der Waals surface area contributed by atoms with Gasteiger partial charge in [0.15, 0.2) is 28.5 Å². The molecular weight excluding hydrogens is 504 g/mol. The number of nitrogens with one attached hydrogen (secondary N) is 1. The molecule has 1 aliphatic carbocycles. The van der Waals surface area contributed by atoms with Gasteiger partial charge in [0.2, 0.25) is 0 Å². The van der Waals surface area contributed by atoms with E-state index in [9.17, 15) is 13.0 Å². The number of benzene rings is 2. The average molecular weight is 530 g/mol. The highest BCUT2D eigenvalue weighted by Gasteiger charge is 2.53. The molecule has 3 aromatic rings. The molecule has 0 bridgehead atoms. The van der Waals surface area contributed by atoms with E-state index in [1.165, 1.54) is 0 Å². The van der Waals surface area contributed by atoms with Gasteiger partial charge in [-0.2, -0.15) is 0 Å². The lowest BCUT2D eigenvalue weighted by Gasteiger charge is -2.44. The van der Waals surface area contributed by atoms with Gasteiger partial charge in [-0.15, -0.1) is 5.10 Å². The molecule has 2 aromatic carbocycles. The molecule has 2 aliphatic rings. The van der Waals surface area contributed by atoms with Crippen LogP contribution in [-0.4, -0.2) is 45.1 Å². The van der Waals surface area contributed by atoms with Crippen molar-refractivity contribution in [3.05, 3.63) is 88.1 Å². The number of aromatic nitrogens is 1. The zero-order valence-corrected chi connectivity index (χ0v) is 21.5. The standard InChI is InChI=1S/C26H26ClF2N5OS/c1-17-6-8-20(9-7-17)36(35)32-31-25(23-18(2)4-3-5-21(23)27)34-13-12-33(16-26(34)10-11-26)24-22(29)14-19(28)15-30-24/h3-9,14-15,32H,10-13,16H2,1-2H3/b31-25-. The summed E-state index contributed by atoms with van der Waals surface area (Å²) in [4.78, 5) is 11.5. The first kappa shape index (κ1) is 24.6. The van der Waals surface area contributed by atoms with Gasteiger partial charge in [-0.05, 0) is 50.5 Å². The average Bonchev–Trinajstić information content (AvgIpc) is 3.61. The van der Waals surface area contributed by atoms with Crippen LogP contribution in [0.3, 0.4) is 0 Å². The summed E-state index contributed by atoms with van der Waals surface area (Å²) in [6.07, 6.45) is 2.78. The predicted octanol–water partition coefficient (Wildman–Crippen LogP) is 4.96. The van der Waals surface area contributed by atoms with Gasteiger partial charge in [-0.3, -0.25) is 0 Å². The van der Waals surface area contributed by atoms with Gasteiger partial charge in [0, 0.05) is 31.3 Å². The Labute approximate surface area is 216 Å². The Morgan fingerprint density at radius 1 is 1.14 bits per heavy atom. The first-order valence-electron chi connectivity index (χ1n) is 11.7. The van der Waals surface area contributed by atoms with E-state index in [1.807, 2.05) is 49.1 Å². The summed E-state index contributed by atoms with van der Waals surface area (Å²) in [6.45, 7) is 5.41. The van der Waals surface area contributed by atoms with Crippen molar-refractivity contribution in [1.29, 1.82) is 0 Å². The highest BCUT2D eigenvalue weighted by Crippen LogP contribution is 2.46. The monoisotopic (exact) mass is 529 g/mol. The number of rotatable bonds is 5. The lowest BCUT2D eigenvalue weighted by molar-refractivity contribution is 0.257. The minimum Gasteiger partial charge on any atom is -0.350 e. The zero-order chi connectivity index (χ0) is 25.4. The number of amidine groups is 1. The summed E-state index contributed by atoms with van der Waals surface area (Å²) < 4.78 is 40.9. The molecule has 1 saturated heterocycles. The number of hydrazone groups is 1. The minimum absolute atomic E-state index is 0.147. The molecule has 2 heterocycles. The van der Waals surface area contributed by atoms with Gasteiger partial charge in [0.25, 0.3) is 0 Å². The number of hydrogen-bond donors (Lipinski definition) is 1. The third kappa shape index (κ3) is 4.82. The lowest BCUT2D eigenvalue weighted by Crippen LogP contribution is -2.58. The molecule has 36 heavy (non-hydrogen) atoms. The number of pyridine rings is 1. The van der Waals surface area contributed by atoms with E-state index in [-0.39, 0.29) is 11.4 Å². The summed E-state index contributed by atoms with van der Waals surface area (Å²) in [5.41, 5.74) is 2.47. The van der Waals surface area contributed by atoms with Crippen LogP contribution in [0.2, 0.25) is 5.02 Å². The normalized spacial score (nSPS) is 17.9. The van der Waals surface area contributed by atoms with Crippen LogP contribution in [0.1, 0.15) is 29.5 Å². The van der Waals surface area contributed by atoms with Crippen LogP contribution in [0, 0.1) is 25.5 Å². The molecule has 1 saturated carbocycles. The zero-order valence-electron chi connectivity index (χ0n) is 20.0. The lowest BCUT2D eigenvalue weighted by atomic mass is 10.0. The van der Waals surface area contributed by atoms with Crippen LogP contribution in [-0.2, 0) is 11.0 Å². The number of nitrogens with zero attached hydrogens (tertiary/aromatic N) is 4. The van der Waals surface area contributed by atoms with Gasteiger partial charge in [-0.1, -0.05) is 41.4 Å². The van der Waals surface area contributed by atoms with Crippen LogP contribution in [0.25, 0.3) is 0 Å². The molecule has 6 nitrogen and oxygen atoms in total. The molecular formula is C26H26ClF2N5OS. The van der Waals surface area contributed by atoms with Crippen molar-refractivity contribution in [2.45, 2.75) is 37.1 Å². The van der Waals surface area contributed by atoms with Crippen molar-refractivity contribution in [2.24, 2.45) is 5.10 Å². The third-order valence-electron chi connectivity index (χ3n) is 6.74. The minimum atomic E-state index is -1.56. The molecule has 0 amide bonds. The first-order chi connectivity index (χ1) is 17.3. The number of anilines is 1. The molecule has 10 heteroatoms. The van der Waals surface area contributed by atoms with E-state index in [1.54, 1.807) is 12.1 Å². The third-order valence-corrected chi connectivity index (χ3v) is 8.01. The first-order valence-corrected chi connectivity index (χ1v) is 13.2. The maximum atomic E-state index is 14.5. The highest BCUT2D eigenvalue weighted by atomic mass is 35.5. The Hall–Kier alpha value is -3.04. The molecule has 1 aliphatic heterocycles. The van der Waals surface area contributed by atoms with Crippen molar-refractivity contribution < 1.29 is 13.0 Å². The van der Waals surface area contributed by atoms with Gasteiger partial charge in [0.05, 0.1) is 21.7 Å². The largest absolute Gasteiger partial charge is 0.350 e. The molecule has 1 spiro atoms. The van der Waals surface area contributed by atoms with Crippen LogP contribution in [0.15, 0.2) is 64.7 Å². The topological polar surface area (TPSA) is 60.8 Å². The maximum Gasteiger partial charge on any atom is 0.168 e. The van der Waals surface area contributed by atoms with E-state index in [0.29, 0.717) is 35.4 Å². The number of piperazine rings is 1. The van der Waals surface area contributed by atoms with Crippen LogP contribution in [0.4, 0.5) is 14.6 Å². The van der Waals surface area contributed by atoms with Crippen LogP contribution >= 0.6 is 11.6 Å². The van der Waals surface area contributed by atoms with Gasteiger partial charge in [0.1, 0.15) is 5.82 Å². The van der Waals surface area contributed by atoms with E-state index in [2.05, 4.69) is 19.8 Å². The van der Waals surface area contributed by atoms with Crippen molar-refractivity contribution in [3.63, 3.8) is 0 Å². The molecule has 0 radical (unpaired) electrons. The van der Waals surface area contributed by atoms with Crippen molar-refractivity contribution in [1.82, 2.24) is 14.7 Å². The second-order valence-electron chi connectivity index (χ2n) is 9.30. The fourth-order valence-corrected chi connectivity index (χ4v) is 5.63. The Morgan fingerprint density at radius 2 is 1.89 bits per heavy atom. The summed E-state index contributed by atoms with van der Waals surface area (Å²) >= 11 is 6.65. The molecule has 1 atom stereocenters. The van der Waals surface area contributed by atoms with Gasteiger partial charge >= 0.3 is 0 Å². The number of halogens is 3. The number of hydrogen-bond acceptors (Lipinski definition) is 4. The quantitative estimate of drug-likeness (QED) is 0.288. The molecule has 188 valence electrons. The van der Waals surface area contributed by atoms with Crippen LogP contribution < -0.4 is 9.73 Å². The summed E-state index contributed by atoms with van der Waals surface area (Å²) in [6, 6.07) is 13.9. The van der Waals surface area contributed by atoms with Crippen molar-refractivity contribution in [3.8, 4) is 0 Å². The second-order valence-corrected chi connectivity index (χ2v) is 10.9. The Kier molecular flexibility index (Phi) is 6.70. The predicted molar refractivity (Wildman–Crippen MR) is 138 cm³/mol. The maximum absolute atomic E-state index is 14.5. The summed E-state index contributed by atoms with van der Waals surface area (Å²) in [7, 11) is -1.56. The highest BCUT2D eigenvalue weighted by molar-refractivity contribution is 7.83. The molecule has 1 N–H and O–H groups in total.